The molecular formula is C54H41NO. The van der Waals surface area contributed by atoms with Crippen molar-refractivity contribution in [2.45, 2.75) is 38.5 Å². The predicted octanol–water partition coefficient (Wildman–Crippen LogP) is 15.0. The van der Waals surface area contributed by atoms with E-state index in [9.17, 15) is 0 Å². The van der Waals surface area contributed by atoms with Crippen LogP contribution in [0.1, 0.15) is 49.9 Å². The Morgan fingerprint density at radius 2 is 1.02 bits per heavy atom. The molecule has 2 aliphatic carbocycles. The van der Waals surface area contributed by atoms with E-state index >= 15 is 0 Å². The monoisotopic (exact) mass is 719 g/mol. The Labute approximate surface area is 328 Å². The molecule has 0 N–H and O–H groups in total. The van der Waals surface area contributed by atoms with Crippen LogP contribution in [0.2, 0.25) is 0 Å². The van der Waals surface area contributed by atoms with E-state index in [0.29, 0.717) is 0 Å². The Bertz CT molecular complexity index is 3020. The topological polar surface area (TPSA) is 16.4 Å². The van der Waals surface area contributed by atoms with Crippen LogP contribution in [0, 0.1) is 0 Å². The van der Waals surface area contributed by atoms with Gasteiger partial charge in [0.2, 0.25) is 0 Å². The molecule has 0 unspecified atom stereocenters. The summed E-state index contributed by atoms with van der Waals surface area (Å²) >= 11 is 0. The number of benzene rings is 8. The highest BCUT2D eigenvalue weighted by molar-refractivity contribution is 6.12. The number of hydrogen-bond donors (Lipinski definition) is 0. The van der Waals surface area contributed by atoms with E-state index in [1.807, 2.05) is 0 Å². The molecule has 11 rings (SSSR count). The molecule has 0 aliphatic heterocycles. The van der Waals surface area contributed by atoms with E-state index in [0.717, 1.165) is 22.5 Å². The van der Waals surface area contributed by atoms with Crippen LogP contribution >= 0.6 is 0 Å². The number of nitrogens with zero attached hydrogens (tertiary/aromatic N) is 1. The third-order valence-corrected chi connectivity index (χ3v) is 12.7. The van der Waals surface area contributed by atoms with E-state index in [4.69, 9.17) is 4.42 Å². The zero-order valence-corrected chi connectivity index (χ0v) is 32.1. The molecule has 1 heterocycles. The van der Waals surface area contributed by atoms with Gasteiger partial charge in [-0.3, -0.25) is 0 Å². The maximum Gasteiger partial charge on any atom is 0.143 e. The Kier molecular flexibility index (Phi) is 6.98. The van der Waals surface area contributed by atoms with Crippen molar-refractivity contribution in [2.24, 2.45) is 0 Å². The molecule has 0 fully saturated rings. The number of fused-ring (bicyclic) bond motifs is 10. The van der Waals surface area contributed by atoms with Crippen LogP contribution in [0.15, 0.2) is 180 Å². The van der Waals surface area contributed by atoms with Crippen LogP contribution in [0.5, 0.6) is 0 Å². The van der Waals surface area contributed by atoms with Crippen molar-refractivity contribution in [3.63, 3.8) is 0 Å². The standard InChI is InChI=1S/C54H41NO/c1-53(2)44-20-10-8-19-42(44)50-45(53)21-13-22-48(50)55(38-27-24-35(25-28-38)34-14-6-5-7-15-34)39-17-12-16-36(32-39)37-26-29-43-47(33-37)54(3,4)46-31-30-41-40-18-9-11-23-49(40)56-52(41)51(43)46/h5-33H,1-4H3. The van der Waals surface area contributed by atoms with Crippen LogP contribution in [0.4, 0.5) is 17.1 Å². The molecule has 0 atom stereocenters. The van der Waals surface area contributed by atoms with Gasteiger partial charge in [-0.15, -0.1) is 0 Å². The van der Waals surface area contributed by atoms with Crippen LogP contribution < -0.4 is 4.90 Å². The lowest BCUT2D eigenvalue weighted by Gasteiger charge is -2.29. The van der Waals surface area contributed by atoms with Gasteiger partial charge in [-0.25, -0.2) is 0 Å². The van der Waals surface area contributed by atoms with Gasteiger partial charge in [0.15, 0.2) is 0 Å². The number of anilines is 3. The molecule has 56 heavy (non-hydrogen) atoms. The summed E-state index contributed by atoms with van der Waals surface area (Å²) in [7, 11) is 0. The largest absolute Gasteiger partial charge is 0.455 e. The summed E-state index contributed by atoms with van der Waals surface area (Å²) in [6, 6.07) is 64.5. The summed E-state index contributed by atoms with van der Waals surface area (Å²) in [5.74, 6) is 0. The molecule has 8 aromatic carbocycles. The first-order chi connectivity index (χ1) is 27.3. The smallest absolute Gasteiger partial charge is 0.143 e. The second-order valence-electron chi connectivity index (χ2n) is 16.5. The molecule has 0 spiro atoms. The van der Waals surface area contributed by atoms with Crippen LogP contribution in [-0.4, -0.2) is 0 Å². The minimum atomic E-state index is -0.178. The lowest BCUT2D eigenvalue weighted by Crippen LogP contribution is -2.16. The summed E-state index contributed by atoms with van der Waals surface area (Å²) in [5, 5.41) is 2.34. The molecular weight excluding hydrogens is 679 g/mol. The summed E-state index contributed by atoms with van der Waals surface area (Å²) in [5.41, 5.74) is 20.4. The van der Waals surface area contributed by atoms with Gasteiger partial charge >= 0.3 is 0 Å². The van der Waals surface area contributed by atoms with E-state index in [1.54, 1.807) is 0 Å². The lowest BCUT2D eigenvalue weighted by molar-refractivity contribution is 0.653. The number of para-hydroxylation sites is 1. The van der Waals surface area contributed by atoms with Gasteiger partial charge in [-0.05, 0) is 98.1 Å². The first-order valence-corrected chi connectivity index (χ1v) is 19.7. The van der Waals surface area contributed by atoms with Crippen LogP contribution in [0.25, 0.3) is 66.4 Å². The predicted molar refractivity (Wildman–Crippen MR) is 234 cm³/mol. The first kappa shape index (κ1) is 32.8. The average molecular weight is 720 g/mol. The van der Waals surface area contributed by atoms with Crippen molar-refractivity contribution in [2.75, 3.05) is 4.90 Å². The van der Waals surface area contributed by atoms with Crippen molar-refractivity contribution < 1.29 is 4.42 Å². The maximum atomic E-state index is 6.58. The molecule has 0 bridgehead atoms. The van der Waals surface area contributed by atoms with E-state index < -0.39 is 0 Å². The molecule has 2 heteroatoms. The summed E-state index contributed by atoms with van der Waals surface area (Å²) < 4.78 is 6.58. The molecule has 0 amide bonds. The van der Waals surface area contributed by atoms with Crippen molar-refractivity contribution in [3.8, 4) is 44.5 Å². The Hall–Kier alpha value is -6.64. The van der Waals surface area contributed by atoms with Crippen molar-refractivity contribution in [1.82, 2.24) is 0 Å². The van der Waals surface area contributed by atoms with Gasteiger partial charge in [0, 0.05) is 44.1 Å². The Morgan fingerprint density at radius 1 is 0.393 bits per heavy atom. The van der Waals surface area contributed by atoms with Crippen LogP contribution in [-0.2, 0) is 10.8 Å². The average Bonchev–Trinajstić information content (AvgIpc) is 3.81. The highest BCUT2D eigenvalue weighted by Gasteiger charge is 2.39. The summed E-state index contributed by atoms with van der Waals surface area (Å²) in [6.07, 6.45) is 0. The fourth-order valence-electron chi connectivity index (χ4n) is 9.79. The lowest BCUT2D eigenvalue weighted by atomic mass is 9.81. The molecule has 268 valence electrons. The zero-order chi connectivity index (χ0) is 37.8. The van der Waals surface area contributed by atoms with Gasteiger partial charge in [-0.1, -0.05) is 161 Å². The number of rotatable bonds is 5. The SMILES string of the molecule is CC1(C)c2ccccc2-c2c(N(c3ccc(-c4ccccc4)cc3)c3cccc(-c4ccc5c(c4)C(C)(C)c4ccc6c(oc7ccccc76)c4-5)c3)cccc21. The summed E-state index contributed by atoms with van der Waals surface area (Å²) in [4.78, 5) is 2.46. The van der Waals surface area contributed by atoms with Crippen molar-refractivity contribution >= 4 is 39.0 Å². The third kappa shape index (κ3) is 4.69. The number of furan rings is 1. The van der Waals surface area contributed by atoms with Gasteiger partial charge in [0.05, 0.1) is 5.69 Å². The molecule has 0 radical (unpaired) electrons. The maximum absolute atomic E-state index is 6.58. The van der Waals surface area contributed by atoms with Gasteiger partial charge < -0.3 is 9.32 Å². The molecule has 0 saturated heterocycles. The van der Waals surface area contributed by atoms with E-state index in [1.165, 1.54) is 83.2 Å². The highest BCUT2D eigenvalue weighted by Crippen LogP contribution is 2.55. The minimum absolute atomic E-state index is 0.102. The fraction of sp³-hybridized carbons (Fsp3) is 0.111. The molecule has 2 nitrogen and oxygen atoms in total. The molecule has 9 aromatic rings. The minimum Gasteiger partial charge on any atom is -0.455 e. The van der Waals surface area contributed by atoms with Gasteiger partial charge in [-0.2, -0.15) is 0 Å². The zero-order valence-electron chi connectivity index (χ0n) is 32.1. The molecule has 0 saturated carbocycles. The van der Waals surface area contributed by atoms with Crippen LogP contribution in [0.3, 0.4) is 0 Å². The summed E-state index contributed by atoms with van der Waals surface area (Å²) in [6.45, 7) is 9.41. The normalized spacial score (nSPS) is 14.4. The molecule has 1 aromatic heterocycles. The quantitative estimate of drug-likeness (QED) is 0.176. The second kappa shape index (κ2) is 11.9. The van der Waals surface area contributed by atoms with Crippen molar-refractivity contribution in [3.05, 3.63) is 198 Å². The van der Waals surface area contributed by atoms with Gasteiger partial charge in [0.25, 0.3) is 0 Å². The second-order valence-corrected chi connectivity index (χ2v) is 16.5. The fourth-order valence-corrected chi connectivity index (χ4v) is 9.79. The van der Waals surface area contributed by atoms with E-state index in [-0.39, 0.29) is 10.8 Å². The Balaban J connectivity index is 1.07. The number of hydrogen-bond acceptors (Lipinski definition) is 2. The van der Waals surface area contributed by atoms with Crippen molar-refractivity contribution in [1.29, 1.82) is 0 Å². The first-order valence-electron chi connectivity index (χ1n) is 19.7. The third-order valence-electron chi connectivity index (χ3n) is 12.7. The Morgan fingerprint density at radius 3 is 1.88 bits per heavy atom. The van der Waals surface area contributed by atoms with Gasteiger partial charge in [0.1, 0.15) is 11.2 Å². The van der Waals surface area contributed by atoms with E-state index in [2.05, 4.69) is 209 Å². The molecule has 2 aliphatic rings. The highest BCUT2D eigenvalue weighted by atomic mass is 16.3.